The molecule has 0 saturated heterocycles. The normalized spacial score (nSPS) is 11.0. The zero-order valence-corrected chi connectivity index (χ0v) is 16.8. The molecule has 0 unspecified atom stereocenters. The van der Waals surface area contributed by atoms with E-state index < -0.39 is 16.7 Å². The zero-order valence-electron chi connectivity index (χ0n) is 14.5. The second-order valence-electron chi connectivity index (χ2n) is 5.69. The van der Waals surface area contributed by atoms with Gasteiger partial charge in [0.15, 0.2) is 0 Å². The Kier molecular flexibility index (Phi) is 6.42. The number of carbonyl (C=O) groups excluding carboxylic acids is 2. The van der Waals surface area contributed by atoms with Gasteiger partial charge in [0, 0.05) is 16.2 Å². The number of thiophene rings is 1. The Morgan fingerprint density at radius 3 is 2.66 bits per heavy atom. The van der Waals surface area contributed by atoms with Gasteiger partial charge in [-0.25, -0.2) is 5.43 Å². The number of nitro groups is 1. The molecule has 0 fully saturated rings. The maximum atomic E-state index is 12.3. The number of carbonyl (C=O) groups is 2. The van der Waals surface area contributed by atoms with Crippen LogP contribution in [0, 0.1) is 10.1 Å². The summed E-state index contributed by atoms with van der Waals surface area (Å²) in [6.07, 6.45) is 1.28. The number of nitro benzene ring substituents is 1. The number of hydrogen-bond donors (Lipinski definition) is 2. The van der Waals surface area contributed by atoms with Crippen LogP contribution in [0.5, 0.6) is 0 Å². The summed E-state index contributed by atoms with van der Waals surface area (Å²) in [6, 6.07) is 11.4. The van der Waals surface area contributed by atoms with Crippen LogP contribution in [0.3, 0.4) is 0 Å². The molecule has 8 nitrogen and oxygen atoms in total. The van der Waals surface area contributed by atoms with Crippen molar-refractivity contribution in [3.63, 3.8) is 0 Å². The Morgan fingerprint density at radius 1 is 1.21 bits per heavy atom. The first-order valence-electron chi connectivity index (χ1n) is 8.08. The van der Waals surface area contributed by atoms with Crippen LogP contribution >= 0.6 is 34.5 Å². The minimum absolute atomic E-state index is 0.0437. The topological polar surface area (TPSA) is 114 Å². The molecule has 0 spiro atoms. The van der Waals surface area contributed by atoms with E-state index >= 15 is 0 Å². The van der Waals surface area contributed by atoms with Crippen LogP contribution in [-0.4, -0.2) is 29.5 Å². The summed E-state index contributed by atoms with van der Waals surface area (Å²) < 4.78 is 0.874. The van der Waals surface area contributed by atoms with Crippen LogP contribution in [0.2, 0.25) is 10.0 Å². The number of hydrogen-bond acceptors (Lipinski definition) is 6. The molecular formula is C18H12Cl2N4O4S. The molecule has 0 saturated carbocycles. The predicted octanol–water partition coefficient (Wildman–Crippen LogP) is 4.00. The van der Waals surface area contributed by atoms with Gasteiger partial charge in [0.1, 0.15) is 9.90 Å². The van der Waals surface area contributed by atoms with Crippen LogP contribution in [0.25, 0.3) is 10.1 Å². The predicted molar refractivity (Wildman–Crippen MR) is 113 cm³/mol. The number of hydrazone groups is 1. The third-order valence-electron chi connectivity index (χ3n) is 3.72. The Bertz CT molecular complexity index is 1150. The van der Waals surface area contributed by atoms with Crippen molar-refractivity contribution in [1.29, 1.82) is 0 Å². The fraction of sp³-hybridized carbons (Fsp3) is 0.0556. The molecule has 0 aliphatic rings. The van der Waals surface area contributed by atoms with E-state index in [4.69, 9.17) is 23.2 Å². The summed E-state index contributed by atoms with van der Waals surface area (Å²) in [6.45, 7) is -0.304. The molecule has 3 rings (SSSR count). The number of nitrogens with one attached hydrogen (secondary N) is 2. The molecule has 0 atom stereocenters. The average Bonchev–Trinajstić information content (AvgIpc) is 3.03. The number of fused-ring (bicyclic) bond motifs is 1. The molecule has 29 heavy (non-hydrogen) atoms. The summed E-state index contributed by atoms with van der Waals surface area (Å²) in [5.41, 5.74) is 2.48. The highest BCUT2D eigenvalue weighted by Gasteiger charge is 2.17. The minimum Gasteiger partial charge on any atom is -0.342 e. The molecule has 148 valence electrons. The van der Waals surface area contributed by atoms with Crippen molar-refractivity contribution in [2.75, 3.05) is 6.54 Å². The smallest absolute Gasteiger partial charge is 0.287 e. The first-order chi connectivity index (χ1) is 13.9. The number of amides is 2. The van der Waals surface area contributed by atoms with Crippen LogP contribution < -0.4 is 10.7 Å². The van der Waals surface area contributed by atoms with Crippen molar-refractivity contribution in [3.05, 3.63) is 73.1 Å². The van der Waals surface area contributed by atoms with Crippen LogP contribution in [0.1, 0.15) is 15.2 Å². The van der Waals surface area contributed by atoms with Gasteiger partial charge in [0.2, 0.25) is 0 Å². The van der Waals surface area contributed by atoms with Crippen LogP contribution in [-0.2, 0) is 4.79 Å². The van der Waals surface area contributed by atoms with E-state index in [9.17, 15) is 19.7 Å². The van der Waals surface area contributed by atoms with Gasteiger partial charge in [0.05, 0.1) is 22.7 Å². The van der Waals surface area contributed by atoms with Crippen molar-refractivity contribution in [1.82, 2.24) is 10.7 Å². The number of halogens is 2. The summed E-state index contributed by atoms with van der Waals surface area (Å²) in [5.74, 6) is -1.02. The number of nitrogens with zero attached hydrogens (tertiary/aromatic N) is 2. The standard InChI is InChI=1S/C18H12Cl2N4O4S/c19-12-7-10(5-6-13(12)24(27)28)8-22-23-15(25)9-21-18(26)17-16(20)11-3-1-2-4-14(11)29-17/h1-8H,9H2,(H,21,26)(H,23,25). The lowest BCUT2D eigenvalue weighted by Gasteiger charge is -2.03. The Hall–Kier alpha value is -3.01. The molecule has 0 aliphatic heterocycles. The fourth-order valence-corrected chi connectivity index (χ4v) is 4.06. The third kappa shape index (κ3) is 4.89. The van der Waals surface area contributed by atoms with Gasteiger partial charge in [-0.1, -0.05) is 41.4 Å². The Labute approximate surface area is 178 Å². The second kappa shape index (κ2) is 8.99. The van der Waals surface area contributed by atoms with E-state index in [0.717, 1.165) is 10.1 Å². The van der Waals surface area contributed by atoms with Gasteiger partial charge >= 0.3 is 0 Å². The van der Waals surface area contributed by atoms with Crippen molar-refractivity contribution in [3.8, 4) is 0 Å². The van der Waals surface area contributed by atoms with E-state index in [-0.39, 0.29) is 17.3 Å². The molecule has 11 heteroatoms. The second-order valence-corrected chi connectivity index (χ2v) is 7.52. The lowest BCUT2D eigenvalue weighted by atomic mass is 10.2. The molecule has 2 aromatic carbocycles. The van der Waals surface area contributed by atoms with E-state index in [1.165, 1.54) is 35.8 Å². The average molecular weight is 451 g/mol. The van der Waals surface area contributed by atoms with Gasteiger partial charge in [-0.15, -0.1) is 11.3 Å². The lowest BCUT2D eigenvalue weighted by Crippen LogP contribution is -2.34. The summed E-state index contributed by atoms with van der Waals surface area (Å²) >= 11 is 13.3. The maximum Gasteiger partial charge on any atom is 0.287 e. The van der Waals surface area contributed by atoms with Gasteiger partial charge in [-0.3, -0.25) is 19.7 Å². The van der Waals surface area contributed by atoms with Crippen LogP contribution in [0.15, 0.2) is 47.6 Å². The van der Waals surface area contributed by atoms with E-state index in [2.05, 4.69) is 15.8 Å². The minimum atomic E-state index is -0.601. The number of benzene rings is 2. The summed E-state index contributed by atoms with van der Waals surface area (Å²) in [7, 11) is 0. The molecule has 2 N–H and O–H groups in total. The van der Waals surface area contributed by atoms with Gasteiger partial charge in [0.25, 0.3) is 17.5 Å². The maximum absolute atomic E-state index is 12.3. The van der Waals surface area contributed by atoms with Crippen molar-refractivity contribution in [2.24, 2.45) is 5.10 Å². The van der Waals surface area contributed by atoms with Crippen molar-refractivity contribution >= 4 is 68.3 Å². The molecule has 2 amide bonds. The van der Waals surface area contributed by atoms with Crippen LogP contribution in [0.4, 0.5) is 5.69 Å². The molecular weight excluding hydrogens is 439 g/mol. The monoisotopic (exact) mass is 450 g/mol. The van der Waals surface area contributed by atoms with Gasteiger partial charge in [-0.05, 0) is 23.8 Å². The molecule has 1 heterocycles. The molecule has 0 radical (unpaired) electrons. The first-order valence-corrected chi connectivity index (χ1v) is 9.65. The largest absolute Gasteiger partial charge is 0.342 e. The fourth-order valence-electron chi connectivity index (χ4n) is 2.37. The Morgan fingerprint density at radius 2 is 1.97 bits per heavy atom. The highest BCUT2D eigenvalue weighted by atomic mass is 35.5. The van der Waals surface area contributed by atoms with E-state index in [0.29, 0.717) is 15.5 Å². The van der Waals surface area contributed by atoms with Crippen molar-refractivity contribution in [2.45, 2.75) is 0 Å². The summed E-state index contributed by atoms with van der Waals surface area (Å²) in [5, 5.41) is 18.0. The lowest BCUT2D eigenvalue weighted by molar-refractivity contribution is -0.384. The first kappa shape index (κ1) is 20.7. The molecule has 1 aromatic heterocycles. The SMILES string of the molecule is O=C(CNC(=O)c1sc2ccccc2c1Cl)NN=Cc1ccc([N+](=O)[O-])c(Cl)c1. The number of rotatable bonds is 6. The zero-order chi connectivity index (χ0) is 21.0. The van der Waals surface area contributed by atoms with E-state index in [1.54, 1.807) is 0 Å². The highest BCUT2D eigenvalue weighted by Crippen LogP contribution is 2.34. The van der Waals surface area contributed by atoms with Crippen molar-refractivity contribution < 1.29 is 14.5 Å². The quantitative estimate of drug-likeness (QED) is 0.335. The Balaban J connectivity index is 1.55. The molecule has 3 aromatic rings. The third-order valence-corrected chi connectivity index (χ3v) is 5.70. The molecule has 0 bridgehead atoms. The van der Waals surface area contributed by atoms with E-state index in [1.807, 2.05) is 24.3 Å². The highest BCUT2D eigenvalue weighted by molar-refractivity contribution is 7.21. The molecule has 0 aliphatic carbocycles. The van der Waals surface area contributed by atoms with Gasteiger partial charge < -0.3 is 5.32 Å². The summed E-state index contributed by atoms with van der Waals surface area (Å²) in [4.78, 5) is 34.6. The van der Waals surface area contributed by atoms with Gasteiger partial charge in [-0.2, -0.15) is 5.10 Å².